The number of pyridine rings is 1. The molecular weight excluding hydrogens is 232 g/mol. The van der Waals surface area contributed by atoms with Gasteiger partial charge < -0.3 is 5.32 Å². The van der Waals surface area contributed by atoms with E-state index in [1.54, 1.807) is 0 Å². The van der Waals surface area contributed by atoms with Crippen molar-refractivity contribution in [2.75, 3.05) is 5.32 Å². The molecule has 2 heteroatoms. The van der Waals surface area contributed by atoms with Crippen molar-refractivity contribution in [3.05, 3.63) is 24.0 Å². The Balaban J connectivity index is 1.95. The molecule has 1 aromatic rings. The lowest BCUT2D eigenvalue weighted by atomic mass is 9.76. The number of nitrogens with zero attached hydrogens (tertiary/aromatic N) is 1. The van der Waals surface area contributed by atoms with Crippen molar-refractivity contribution in [2.24, 2.45) is 11.3 Å². The first-order chi connectivity index (χ1) is 8.97. The lowest BCUT2D eigenvalue weighted by molar-refractivity contribution is 0.214. The Bertz CT molecular complexity index is 406. The molecule has 2 nitrogen and oxygen atoms in total. The van der Waals surface area contributed by atoms with Crippen LogP contribution in [0.2, 0.25) is 0 Å². The Morgan fingerprint density at radius 2 is 1.95 bits per heavy atom. The van der Waals surface area contributed by atoms with Crippen LogP contribution in [0.25, 0.3) is 0 Å². The van der Waals surface area contributed by atoms with Gasteiger partial charge in [-0.3, -0.25) is 4.98 Å². The van der Waals surface area contributed by atoms with E-state index in [2.05, 4.69) is 44.1 Å². The van der Waals surface area contributed by atoms with Crippen LogP contribution in [0, 0.1) is 18.3 Å². The van der Waals surface area contributed by atoms with Gasteiger partial charge >= 0.3 is 0 Å². The predicted octanol–water partition coefficient (Wildman–Crippen LogP) is 4.80. The van der Waals surface area contributed by atoms with Crippen LogP contribution in [-0.4, -0.2) is 11.0 Å². The van der Waals surface area contributed by atoms with Crippen LogP contribution in [0.4, 0.5) is 5.69 Å². The van der Waals surface area contributed by atoms with Gasteiger partial charge in [-0.15, -0.1) is 0 Å². The third-order valence-electron chi connectivity index (χ3n) is 4.59. The summed E-state index contributed by atoms with van der Waals surface area (Å²) in [5.41, 5.74) is 2.97. The van der Waals surface area contributed by atoms with Gasteiger partial charge in [0, 0.05) is 12.2 Å². The fraction of sp³-hybridized carbons (Fsp3) is 0.706. The monoisotopic (exact) mass is 260 g/mol. The first-order valence-electron chi connectivity index (χ1n) is 7.64. The van der Waals surface area contributed by atoms with E-state index >= 15 is 0 Å². The van der Waals surface area contributed by atoms with Crippen LogP contribution in [-0.2, 0) is 0 Å². The molecule has 0 aliphatic heterocycles. The highest BCUT2D eigenvalue weighted by molar-refractivity contribution is 5.48. The van der Waals surface area contributed by atoms with Crippen molar-refractivity contribution in [3.63, 3.8) is 0 Å². The van der Waals surface area contributed by atoms with Crippen LogP contribution >= 0.6 is 0 Å². The average molecular weight is 260 g/mol. The molecule has 0 amide bonds. The fourth-order valence-electron chi connectivity index (χ4n) is 3.15. The van der Waals surface area contributed by atoms with Gasteiger partial charge in [-0.1, -0.05) is 27.2 Å². The van der Waals surface area contributed by atoms with Crippen molar-refractivity contribution in [1.29, 1.82) is 0 Å². The summed E-state index contributed by atoms with van der Waals surface area (Å²) >= 11 is 0. The zero-order valence-corrected chi connectivity index (χ0v) is 12.9. The summed E-state index contributed by atoms with van der Waals surface area (Å²) in [6.45, 7) is 9.31. The third kappa shape index (κ3) is 3.95. The van der Waals surface area contributed by atoms with Gasteiger partial charge in [0.25, 0.3) is 0 Å². The molecule has 1 aliphatic carbocycles. The summed E-state index contributed by atoms with van der Waals surface area (Å²) in [5, 5.41) is 3.70. The Morgan fingerprint density at radius 1 is 1.16 bits per heavy atom. The van der Waals surface area contributed by atoms with Crippen molar-refractivity contribution < 1.29 is 0 Å². The largest absolute Gasteiger partial charge is 0.381 e. The molecule has 0 spiro atoms. The normalized spacial score (nSPS) is 24.8. The smallest absolute Gasteiger partial charge is 0.0558 e. The molecule has 0 aromatic carbocycles. The predicted molar refractivity (Wildman–Crippen MR) is 82.4 cm³/mol. The minimum atomic E-state index is 0.457. The Morgan fingerprint density at radius 3 is 2.63 bits per heavy atom. The highest BCUT2D eigenvalue weighted by Gasteiger charge is 2.27. The summed E-state index contributed by atoms with van der Waals surface area (Å²) in [6, 6.07) is 2.70. The second-order valence-electron chi connectivity index (χ2n) is 7.10. The van der Waals surface area contributed by atoms with Gasteiger partial charge in [0.2, 0.25) is 0 Å². The number of nitrogens with one attached hydrogen (secondary N) is 1. The molecule has 1 aliphatic rings. The number of rotatable bonds is 2. The first-order valence-corrected chi connectivity index (χ1v) is 7.64. The summed E-state index contributed by atoms with van der Waals surface area (Å²) in [6.07, 6.45) is 10.5. The highest BCUT2D eigenvalue weighted by atomic mass is 14.9. The molecule has 0 saturated heterocycles. The van der Waals surface area contributed by atoms with Gasteiger partial charge in [-0.2, -0.15) is 0 Å². The van der Waals surface area contributed by atoms with Crippen LogP contribution in [0.5, 0.6) is 0 Å². The lowest BCUT2D eigenvalue weighted by Gasteiger charge is -2.29. The standard InChI is InChI=1S/C17H28N2/c1-13-10-11-18-12-16(13)19-15-7-5-6-14(8-9-15)17(2,3)4/h10-12,14-15,19H,5-9H2,1-4H3. The zero-order valence-electron chi connectivity index (χ0n) is 12.9. The molecule has 1 aromatic heterocycles. The maximum absolute atomic E-state index is 4.23. The lowest BCUT2D eigenvalue weighted by Crippen LogP contribution is -2.22. The molecule has 1 heterocycles. The Labute approximate surface area is 118 Å². The van der Waals surface area contributed by atoms with E-state index in [9.17, 15) is 0 Å². The van der Waals surface area contributed by atoms with Crippen LogP contribution in [0.15, 0.2) is 18.5 Å². The number of aryl methyl sites for hydroxylation is 1. The van der Waals surface area contributed by atoms with E-state index in [4.69, 9.17) is 0 Å². The molecule has 2 atom stereocenters. The van der Waals surface area contributed by atoms with Crippen molar-refractivity contribution >= 4 is 5.69 Å². The molecule has 1 N–H and O–H groups in total. The Kier molecular flexibility index (Phi) is 4.49. The van der Waals surface area contributed by atoms with Crippen molar-refractivity contribution in [1.82, 2.24) is 4.98 Å². The topological polar surface area (TPSA) is 24.9 Å². The second kappa shape index (κ2) is 5.94. The molecule has 2 rings (SSSR count). The molecular formula is C17H28N2. The number of anilines is 1. The van der Waals surface area contributed by atoms with E-state index in [0.29, 0.717) is 11.5 Å². The van der Waals surface area contributed by atoms with Gasteiger partial charge in [0.05, 0.1) is 11.9 Å². The Hall–Kier alpha value is -1.05. The minimum Gasteiger partial charge on any atom is -0.381 e. The molecule has 19 heavy (non-hydrogen) atoms. The molecule has 0 bridgehead atoms. The number of aromatic nitrogens is 1. The van der Waals surface area contributed by atoms with E-state index in [1.807, 2.05) is 12.4 Å². The molecule has 0 radical (unpaired) electrons. The molecule has 1 fully saturated rings. The van der Waals surface area contributed by atoms with Crippen molar-refractivity contribution in [2.45, 2.75) is 65.8 Å². The van der Waals surface area contributed by atoms with E-state index in [-0.39, 0.29) is 0 Å². The SMILES string of the molecule is Cc1ccncc1NC1CCCC(C(C)(C)C)CC1. The minimum absolute atomic E-state index is 0.457. The summed E-state index contributed by atoms with van der Waals surface area (Å²) in [5.74, 6) is 0.870. The van der Waals surface area contributed by atoms with Crippen LogP contribution < -0.4 is 5.32 Å². The van der Waals surface area contributed by atoms with Gasteiger partial charge in [-0.25, -0.2) is 0 Å². The maximum Gasteiger partial charge on any atom is 0.0558 e. The quantitative estimate of drug-likeness (QED) is 0.773. The molecule has 1 saturated carbocycles. The van der Waals surface area contributed by atoms with Gasteiger partial charge in [-0.05, 0) is 55.6 Å². The summed E-state index contributed by atoms with van der Waals surface area (Å²) in [4.78, 5) is 4.23. The average Bonchev–Trinajstić information content (AvgIpc) is 2.57. The van der Waals surface area contributed by atoms with E-state index < -0.39 is 0 Å². The van der Waals surface area contributed by atoms with Crippen molar-refractivity contribution in [3.8, 4) is 0 Å². The van der Waals surface area contributed by atoms with Gasteiger partial charge in [0.1, 0.15) is 0 Å². The maximum atomic E-state index is 4.23. The highest BCUT2D eigenvalue weighted by Crippen LogP contribution is 2.37. The second-order valence-corrected chi connectivity index (χ2v) is 7.10. The number of hydrogen-bond acceptors (Lipinski definition) is 2. The molecule has 106 valence electrons. The van der Waals surface area contributed by atoms with E-state index in [0.717, 1.165) is 5.92 Å². The summed E-state index contributed by atoms with van der Waals surface area (Å²) in [7, 11) is 0. The third-order valence-corrected chi connectivity index (χ3v) is 4.59. The molecule has 2 unspecified atom stereocenters. The first kappa shape index (κ1) is 14.4. The zero-order chi connectivity index (χ0) is 13.9. The summed E-state index contributed by atoms with van der Waals surface area (Å²) < 4.78 is 0. The fourth-order valence-corrected chi connectivity index (χ4v) is 3.15. The van der Waals surface area contributed by atoms with Crippen LogP contribution in [0.1, 0.15) is 58.4 Å². The van der Waals surface area contributed by atoms with Gasteiger partial charge in [0.15, 0.2) is 0 Å². The van der Waals surface area contributed by atoms with Crippen LogP contribution in [0.3, 0.4) is 0 Å². The van der Waals surface area contributed by atoms with E-state index in [1.165, 1.54) is 43.4 Å². The number of hydrogen-bond donors (Lipinski definition) is 1.